The summed E-state index contributed by atoms with van der Waals surface area (Å²) in [7, 11) is 0. The molecular weight excluding hydrogens is 317 g/mol. The van der Waals surface area contributed by atoms with Gasteiger partial charge in [0.2, 0.25) is 5.88 Å². The van der Waals surface area contributed by atoms with Crippen LogP contribution >= 0.6 is 11.6 Å². The molecule has 0 radical (unpaired) electrons. The van der Waals surface area contributed by atoms with Crippen molar-refractivity contribution >= 4 is 17.4 Å². The van der Waals surface area contributed by atoms with Crippen molar-refractivity contribution < 1.29 is 9.13 Å². The Labute approximate surface area is 137 Å². The van der Waals surface area contributed by atoms with Gasteiger partial charge in [0, 0.05) is 17.6 Å². The molecule has 0 saturated carbocycles. The quantitative estimate of drug-likeness (QED) is 0.738. The molecule has 1 aromatic heterocycles. The number of aromatic nitrogens is 2. The molecule has 1 N–H and O–H groups in total. The van der Waals surface area contributed by atoms with E-state index in [0.717, 1.165) is 5.56 Å². The minimum atomic E-state index is -0.443. The first-order valence-corrected chi connectivity index (χ1v) is 7.31. The molecule has 0 aliphatic heterocycles. The Morgan fingerprint density at radius 1 is 1.04 bits per heavy atom. The average molecular weight is 330 g/mol. The van der Waals surface area contributed by atoms with Crippen LogP contribution in [0.15, 0.2) is 60.9 Å². The summed E-state index contributed by atoms with van der Waals surface area (Å²) in [5.74, 6) is 0.529. The molecular formula is C17H13ClFN3O. The van der Waals surface area contributed by atoms with Crippen LogP contribution in [0, 0.1) is 5.82 Å². The topological polar surface area (TPSA) is 47.0 Å². The van der Waals surface area contributed by atoms with Gasteiger partial charge in [-0.05, 0) is 29.8 Å². The number of nitrogens with zero attached hydrogens (tertiary/aromatic N) is 2. The van der Waals surface area contributed by atoms with Crippen molar-refractivity contribution in [3.8, 4) is 11.6 Å². The maximum absolute atomic E-state index is 13.6. The third-order valence-corrected chi connectivity index (χ3v) is 3.33. The minimum Gasteiger partial charge on any atom is -0.436 e. The van der Waals surface area contributed by atoms with E-state index in [-0.39, 0.29) is 11.6 Å². The lowest BCUT2D eigenvalue weighted by atomic mass is 10.2. The third kappa shape index (κ3) is 4.17. The SMILES string of the molecule is Fc1ccccc1Oc1cc(NCc2ccc(Cl)cc2)ncn1. The number of anilines is 1. The normalized spacial score (nSPS) is 10.3. The molecule has 4 nitrogen and oxygen atoms in total. The monoisotopic (exact) mass is 329 g/mol. The molecule has 0 unspecified atom stereocenters. The van der Waals surface area contributed by atoms with Crippen LogP contribution in [0.25, 0.3) is 0 Å². The van der Waals surface area contributed by atoms with E-state index in [4.69, 9.17) is 16.3 Å². The molecule has 3 aromatic rings. The summed E-state index contributed by atoms with van der Waals surface area (Å²) in [5.41, 5.74) is 1.06. The van der Waals surface area contributed by atoms with Crippen LogP contribution in [-0.4, -0.2) is 9.97 Å². The smallest absolute Gasteiger partial charge is 0.224 e. The molecule has 0 amide bonds. The molecule has 23 heavy (non-hydrogen) atoms. The van der Waals surface area contributed by atoms with E-state index in [0.29, 0.717) is 17.4 Å². The lowest BCUT2D eigenvalue weighted by molar-refractivity contribution is 0.427. The fraction of sp³-hybridized carbons (Fsp3) is 0.0588. The highest BCUT2D eigenvalue weighted by molar-refractivity contribution is 6.30. The summed E-state index contributed by atoms with van der Waals surface area (Å²) in [5, 5.41) is 3.84. The molecule has 0 saturated heterocycles. The predicted octanol–water partition coefficient (Wildman–Crippen LogP) is 4.67. The molecule has 2 aromatic carbocycles. The largest absolute Gasteiger partial charge is 0.436 e. The van der Waals surface area contributed by atoms with Crippen molar-refractivity contribution in [2.24, 2.45) is 0 Å². The third-order valence-electron chi connectivity index (χ3n) is 3.08. The molecule has 1 heterocycles. The summed E-state index contributed by atoms with van der Waals surface area (Å²) in [4.78, 5) is 8.10. The molecule has 0 spiro atoms. The first-order chi connectivity index (χ1) is 11.2. The van der Waals surface area contributed by atoms with Gasteiger partial charge in [0.15, 0.2) is 11.6 Å². The Morgan fingerprint density at radius 3 is 2.61 bits per heavy atom. The summed E-state index contributed by atoms with van der Waals surface area (Å²) in [6.07, 6.45) is 1.36. The van der Waals surface area contributed by atoms with E-state index in [1.54, 1.807) is 18.2 Å². The van der Waals surface area contributed by atoms with Gasteiger partial charge in [-0.3, -0.25) is 0 Å². The lowest BCUT2D eigenvalue weighted by Gasteiger charge is -2.08. The van der Waals surface area contributed by atoms with Gasteiger partial charge in [0.1, 0.15) is 12.1 Å². The number of ether oxygens (including phenoxy) is 1. The highest BCUT2D eigenvalue weighted by Crippen LogP contribution is 2.23. The summed E-state index contributed by atoms with van der Waals surface area (Å²) in [6, 6.07) is 15.3. The van der Waals surface area contributed by atoms with E-state index in [1.807, 2.05) is 24.3 Å². The molecule has 0 aliphatic carbocycles. The molecule has 0 bridgehead atoms. The van der Waals surface area contributed by atoms with Crippen LogP contribution in [0.1, 0.15) is 5.56 Å². The summed E-state index contributed by atoms with van der Waals surface area (Å²) < 4.78 is 19.0. The highest BCUT2D eigenvalue weighted by Gasteiger charge is 2.05. The van der Waals surface area contributed by atoms with Crippen molar-refractivity contribution in [1.29, 1.82) is 0 Å². The van der Waals surface area contributed by atoms with Gasteiger partial charge >= 0.3 is 0 Å². The van der Waals surface area contributed by atoms with Crippen molar-refractivity contribution in [3.63, 3.8) is 0 Å². The fourth-order valence-corrected chi connectivity index (χ4v) is 2.05. The highest BCUT2D eigenvalue weighted by atomic mass is 35.5. The van der Waals surface area contributed by atoms with Gasteiger partial charge in [-0.2, -0.15) is 0 Å². The van der Waals surface area contributed by atoms with Crippen molar-refractivity contribution in [2.75, 3.05) is 5.32 Å². The Balaban J connectivity index is 1.67. The van der Waals surface area contributed by atoms with Crippen LogP contribution in [0.4, 0.5) is 10.2 Å². The number of para-hydroxylation sites is 1. The number of halogens is 2. The maximum atomic E-state index is 13.6. The van der Waals surface area contributed by atoms with Crippen molar-refractivity contribution in [3.05, 3.63) is 77.3 Å². The van der Waals surface area contributed by atoms with E-state index >= 15 is 0 Å². The van der Waals surface area contributed by atoms with E-state index < -0.39 is 5.82 Å². The second-order valence-electron chi connectivity index (χ2n) is 4.75. The Bertz CT molecular complexity index is 796. The first-order valence-electron chi connectivity index (χ1n) is 6.93. The van der Waals surface area contributed by atoms with E-state index in [1.165, 1.54) is 18.5 Å². The minimum absolute atomic E-state index is 0.120. The lowest BCUT2D eigenvalue weighted by Crippen LogP contribution is -2.02. The number of benzene rings is 2. The summed E-state index contributed by atoms with van der Waals surface area (Å²) in [6.45, 7) is 0.577. The molecule has 3 rings (SSSR count). The predicted molar refractivity (Wildman–Crippen MR) is 87.3 cm³/mol. The van der Waals surface area contributed by atoms with Gasteiger partial charge in [0.05, 0.1) is 0 Å². The van der Waals surface area contributed by atoms with Crippen LogP contribution in [0.2, 0.25) is 5.02 Å². The van der Waals surface area contributed by atoms with Crippen LogP contribution in [0.5, 0.6) is 11.6 Å². The van der Waals surface area contributed by atoms with Gasteiger partial charge in [0.25, 0.3) is 0 Å². The fourth-order valence-electron chi connectivity index (χ4n) is 1.93. The van der Waals surface area contributed by atoms with Gasteiger partial charge in [-0.25, -0.2) is 14.4 Å². The molecule has 6 heteroatoms. The average Bonchev–Trinajstić information content (AvgIpc) is 2.57. The Morgan fingerprint density at radius 2 is 1.83 bits per heavy atom. The van der Waals surface area contributed by atoms with Crippen LogP contribution in [0.3, 0.4) is 0 Å². The van der Waals surface area contributed by atoms with Crippen LogP contribution in [-0.2, 0) is 6.54 Å². The Kier molecular flexibility index (Phi) is 4.68. The number of hydrogen-bond acceptors (Lipinski definition) is 4. The van der Waals surface area contributed by atoms with Gasteiger partial charge in [-0.1, -0.05) is 35.9 Å². The standard InChI is InChI=1S/C17H13ClFN3O/c18-13-7-5-12(6-8-13)10-20-16-9-17(22-11-21-16)23-15-4-2-1-3-14(15)19/h1-9,11H,10H2,(H,20,21,22). The zero-order valence-corrected chi connectivity index (χ0v) is 12.8. The Hall–Kier alpha value is -2.66. The molecule has 116 valence electrons. The van der Waals surface area contributed by atoms with Gasteiger partial charge in [-0.15, -0.1) is 0 Å². The van der Waals surface area contributed by atoms with Crippen molar-refractivity contribution in [1.82, 2.24) is 9.97 Å². The second kappa shape index (κ2) is 7.07. The number of hydrogen-bond donors (Lipinski definition) is 1. The van der Waals surface area contributed by atoms with Crippen molar-refractivity contribution in [2.45, 2.75) is 6.54 Å². The number of nitrogens with one attached hydrogen (secondary N) is 1. The van der Waals surface area contributed by atoms with E-state index in [9.17, 15) is 4.39 Å². The molecule has 0 atom stereocenters. The molecule has 0 aliphatic rings. The van der Waals surface area contributed by atoms with Gasteiger partial charge < -0.3 is 10.1 Å². The molecule has 0 fully saturated rings. The number of rotatable bonds is 5. The maximum Gasteiger partial charge on any atom is 0.224 e. The van der Waals surface area contributed by atoms with Crippen LogP contribution < -0.4 is 10.1 Å². The zero-order valence-electron chi connectivity index (χ0n) is 12.0. The van der Waals surface area contributed by atoms with E-state index in [2.05, 4.69) is 15.3 Å². The first kappa shape index (κ1) is 15.2. The zero-order chi connectivity index (χ0) is 16.1. The summed E-state index contributed by atoms with van der Waals surface area (Å²) >= 11 is 5.85. The second-order valence-corrected chi connectivity index (χ2v) is 5.19.